The summed E-state index contributed by atoms with van der Waals surface area (Å²) in [5.74, 6) is -1.10. The Morgan fingerprint density at radius 2 is 2.00 bits per heavy atom. The third kappa shape index (κ3) is 3.64. The molecule has 0 bridgehead atoms. The Labute approximate surface area is 129 Å². The third-order valence-electron chi connectivity index (χ3n) is 3.64. The van der Waals surface area contributed by atoms with Gasteiger partial charge in [0.1, 0.15) is 6.04 Å². The summed E-state index contributed by atoms with van der Waals surface area (Å²) < 4.78 is 45.4. The summed E-state index contributed by atoms with van der Waals surface area (Å²) in [4.78, 5) is 11.3. The van der Waals surface area contributed by atoms with Gasteiger partial charge < -0.3 is 15.2 Å². The second-order valence-electron chi connectivity index (χ2n) is 5.07. The van der Waals surface area contributed by atoms with Crippen molar-refractivity contribution in [2.45, 2.75) is 12.2 Å². The quantitative estimate of drug-likeness (QED) is 0.645. The molecule has 1 heterocycles. The van der Waals surface area contributed by atoms with Crippen molar-refractivity contribution >= 4 is 5.69 Å². The Balaban J connectivity index is 2.57. The van der Waals surface area contributed by atoms with Gasteiger partial charge in [0.25, 0.3) is 5.69 Å². The molecule has 128 valence electrons. The first-order chi connectivity index (χ1) is 10.8. The number of non-ortho nitro benzene ring substituents is 1. The van der Waals surface area contributed by atoms with Crippen molar-refractivity contribution in [3.8, 4) is 11.5 Å². The van der Waals surface area contributed by atoms with Crippen molar-refractivity contribution in [3.63, 3.8) is 0 Å². The summed E-state index contributed by atoms with van der Waals surface area (Å²) in [6, 6.07) is -0.499. The van der Waals surface area contributed by atoms with Gasteiger partial charge in [-0.15, -0.1) is 0 Å². The zero-order valence-electron chi connectivity index (χ0n) is 12.3. The van der Waals surface area contributed by atoms with E-state index in [4.69, 9.17) is 4.74 Å². The Bertz CT molecular complexity index is 589. The minimum atomic E-state index is -4.70. The van der Waals surface area contributed by atoms with Crippen LogP contribution in [0.3, 0.4) is 0 Å². The van der Waals surface area contributed by atoms with E-state index < -0.39 is 34.1 Å². The smallest absolute Gasteiger partial charge is 0.408 e. The minimum absolute atomic E-state index is 0.106. The Kier molecular flexibility index (Phi) is 4.95. The number of halogens is 3. The first kappa shape index (κ1) is 17.3. The molecule has 1 saturated heterocycles. The monoisotopic (exact) mass is 335 g/mol. The molecule has 1 aliphatic rings. The van der Waals surface area contributed by atoms with E-state index in [1.54, 1.807) is 0 Å². The van der Waals surface area contributed by atoms with Crippen LogP contribution in [0.4, 0.5) is 18.9 Å². The zero-order valence-corrected chi connectivity index (χ0v) is 12.3. The van der Waals surface area contributed by atoms with E-state index in [-0.39, 0.29) is 18.8 Å². The van der Waals surface area contributed by atoms with Crippen LogP contribution in [0.15, 0.2) is 12.1 Å². The number of hydrogen-bond donors (Lipinski definition) is 2. The number of alkyl halides is 3. The van der Waals surface area contributed by atoms with E-state index >= 15 is 0 Å². The number of methoxy groups -OCH3 is 1. The SMILES string of the molecule is COc1cc([N+](=O)[O-])cc([C@@H](N2CCNCC2)C(F)(F)F)c1O. The van der Waals surface area contributed by atoms with Crippen molar-refractivity contribution < 1.29 is 27.9 Å². The molecule has 2 N–H and O–H groups in total. The lowest BCUT2D eigenvalue weighted by molar-refractivity contribution is -0.385. The first-order valence-corrected chi connectivity index (χ1v) is 6.82. The lowest BCUT2D eigenvalue weighted by atomic mass is 10.0. The van der Waals surface area contributed by atoms with Crippen molar-refractivity contribution in [2.75, 3.05) is 33.3 Å². The summed E-state index contributed by atoms with van der Waals surface area (Å²) in [5.41, 5.74) is -1.15. The number of piperazine rings is 1. The normalized spacial score (nSPS) is 17.7. The van der Waals surface area contributed by atoms with E-state index in [1.165, 1.54) is 0 Å². The number of nitrogens with one attached hydrogen (secondary N) is 1. The molecule has 7 nitrogen and oxygen atoms in total. The number of nitrogens with zero attached hydrogens (tertiary/aromatic N) is 2. The van der Waals surface area contributed by atoms with Crippen LogP contribution in [0.5, 0.6) is 11.5 Å². The van der Waals surface area contributed by atoms with Crippen molar-refractivity contribution in [1.82, 2.24) is 10.2 Å². The first-order valence-electron chi connectivity index (χ1n) is 6.82. The predicted octanol–water partition coefficient (Wildman–Crippen LogP) is 1.82. The number of phenolic OH excluding ortho intramolecular Hbond substituents is 1. The highest BCUT2D eigenvalue weighted by molar-refractivity contribution is 5.55. The molecule has 0 saturated carbocycles. The van der Waals surface area contributed by atoms with Crippen LogP contribution in [-0.2, 0) is 0 Å². The minimum Gasteiger partial charge on any atom is -0.504 e. The van der Waals surface area contributed by atoms with E-state index in [2.05, 4.69) is 5.32 Å². The van der Waals surface area contributed by atoms with Crippen LogP contribution in [0, 0.1) is 10.1 Å². The Morgan fingerprint density at radius 3 is 2.48 bits per heavy atom. The number of nitro groups is 1. The van der Waals surface area contributed by atoms with Gasteiger partial charge in [0.05, 0.1) is 18.1 Å². The van der Waals surface area contributed by atoms with E-state index in [0.717, 1.165) is 24.1 Å². The number of benzene rings is 1. The number of phenols is 1. The maximum atomic E-state index is 13.6. The van der Waals surface area contributed by atoms with Gasteiger partial charge in [-0.2, -0.15) is 13.2 Å². The molecule has 0 aliphatic carbocycles. The van der Waals surface area contributed by atoms with Crippen LogP contribution >= 0.6 is 0 Å². The number of rotatable bonds is 4. The molecule has 0 spiro atoms. The number of aromatic hydroxyl groups is 1. The van der Waals surface area contributed by atoms with Gasteiger partial charge in [-0.3, -0.25) is 15.0 Å². The van der Waals surface area contributed by atoms with Crippen molar-refractivity contribution in [1.29, 1.82) is 0 Å². The number of hydrogen-bond acceptors (Lipinski definition) is 6. The molecule has 1 fully saturated rings. The average Bonchev–Trinajstić information content (AvgIpc) is 2.48. The zero-order chi connectivity index (χ0) is 17.2. The van der Waals surface area contributed by atoms with Gasteiger partial charge in [-0.1, -0.05) is 0 Å². The second kappa shape index (κ2) is 6.59. The standard InChI is InChI=1S/C13H16F3N3O4/c1-23-10-7-8(19(21)22)6-9(11(10)20)12(13(14,15)16)18-4-2-17-3-5-18/h6-7,12,17,20H,2-5H2,1H3/t12-/m1/s1. The molecule has 2 rings (SSSR count). The highest BCUT2D eigenvalue weighted by atomic mass is 19.4. The summed E-state index contributed by atoms with van der Waals surface area (Å²) >= 11 is 0. The predicted molar refractivity (Wildman–Crippen MR) is 74.6 cm³/mol. The van der Waals surface area contributed by atoms with Crippen LogP contribution in [0.1, 0.15) is 11.6 Å². The molecule has 1 atom stereocenters. The van der Waals surface area contributed by atoms with Crippen molar-refractivity contribution in [3.05, 3.63) is 27.8 Å². The van der Waals surface area contributed by atoms with E-state index in [9.17, 15) is 28.4 Å². The fourth-order valence-electron chi connectivity index (χ4n) is 2.60. The molecule has 10 heteroatoms. The fourth-order valence-corrected chi connectivity index (χ4v) is 2.60. The van der Waals surface area contributed by atoms with E-state index in [0.29, 0.717) is 13.1 Å². The van der Waals surface area contributed by atoms with Gasteiger partial charge in [0.2, 0.25) is 0 Å². The molecular formula is C13H16F3N3O4. The van der Waals surface area contributed by atoms with Crippen LogP contribution in [0.2, 0.25) is 0 Å². The average molecular weight is 335 g/mol. The maximum Gasteiger partial charge on any atom is 0.408 e. The molecule has 23 heavy (non-hydrogen) atoms. The highest BCUT2D eigenvalue weighted by Crippen LogP contribution is 2.46. The molecule has 0 amide bonds. The van der Waals surface area contributed by atoms with Crippen LogP contribution in [0.25, 0.3) is 0 Å². The largest absolute Gasteiger partial charge is 0.504 e. The van der Waals surface area contributed by atoms with Crippen LogP contribution in [-0.4, -0.2) is 54.4 Å². The fraction of sp³-hybridized carbons (Fsp3) is 0.538. The summed E-state index contributed by atoms with van der Waals surface area (Å²) in [5, 5.41) is 23.9. The van der Waals surface area contributed by atoms with Gasteiger partial charge in [0.15, 0.2) is 11.5 Å². The molecule has 1 aliphatic heterocycles. The lowest BCUT2D eigenvalue weighted by Crippen LogP contribution is -2.49. The number of ether oxygens (including phenoxy) is 1. The lowest BCUT2D eigenvalue weighted by Gasteiger charge is -2.36. The topological polar surface area (TPSA) is 87.9 Å². The summed E-state index contributed by atoms with van der Waals surface area (Å²) in [7, 11) is 1.12. The molecule has 0 aromatic heterocycles. The maximum absolute atomic E-state index is 13.6. The number of nitro benzene ring substituents is 1. The molecule has 1 aromatic carbocycles. The Hall–Kier alpha value is -2.07. The van der Waals surface area contributed by atoms with Crippen LogP contribution < -0.4 is 10.1 Å². The molecule has 0 unspecified atom stereocenters. The summed E-state index contributed by atoms with van der Waals surface area (Å²) in [6.45, 7) is 0.933. The van der Waals surface area contributed by atoms with Gasteiger partial charge in [-0.25, -0.2) is 0 Å². The molecular weight excluding hydrogens is 319 g/mol. The molecule has 0 radical (unpaired) electrons. The van der Waals surface area contributed by atoms with Gasteiger partial charge in [0, 0.05) is 37.8 Å². The third-order valence-corrected chi connectivity index (χ3v) is 3.64. The summed E-state index contributed by atoms with van der Waals surface area (Å²) in [6.07, 6.45) is -4.70. The second-order valence-corrected chi connectivity index (χ2v) is 5.07. The molecule has 1 aromatic rings. The van der Waals surface area contributed by atoms with E-state index in [1.807, 2.05) is 0 Å². The van der Waals surface area contributed by atoms with Gasteiger partial charge >= 0.3 is 6.18 Å². The van der Waals surface area contributed by atoms with Crippen molar-refractivity contribution in [2.24, 2.45) is 0 Å². The Morgan fingerprint density at radius 1 is 1.39 bits per heavy atom. The van der Waals surface area contributed by atoms with Gasteiger partial charge in [-0.05, 0) is 0 Å². The highest BCUT2D eigenvalue weighted by Gasteiger charge is 2.47.